The molecule has 0 aromatic carbocycles. The van der Waals surface area contributed by atoms with Crippen molar-refractivity contribution in [3.63, 3.8) is 0 Å². The Hall–Kier alpha value is -0.610. The molecule has 1 heterocycles. The molecule has 1 amide bonds. The van der Waals surface area contributed by atoms with Crippen LogP contribution in [0.25, 0.3) is 0 Å². The van der Waals surface area contributed by atoms with Crippen molar-refractivity contribution in [1.82, 2.24) is 16.0 Å². The summed E-state index contributed by atoms with van der Waals surface area (Å²) in [6.45, 7) is 3.69. The molecule has 0 saturated carbocycles. The number of nitrogens with one attached hydrogen (secondary N) is 3. The molecule has 14 heavy (non-hydrogen) atoms. The van der Waals surface area contributed by atoms with Gasteiger partial charge in [-0.05, 0) is 32.7 Å². The molecule has 0 aliphatic carbocycles. The molecule has 0 spiro atoms. The van der Waals surface area contributed by atoms with E-state index in [0.29, 0.717) is 18.6 Å². The van der Waals surface area contributed by atoms with Gasteiger partial charge in [0.1, 0.15) is 0 Å². The van der Waals surface area contributed by atoms with Crippen molar-refractivity contribution in [2.45, 2.75) is 38.3 Å². The highest BCUT2D eigenvalue weighted by Crippen LogP contribution is 2.10. The standard InChI is InChI=1S/C10H21N3O/c1-8(13-7-10(14)11-2)6-9-4-3-5-12-9/h8-9,12-13H,3-7H2,1-2H3,(H,11,14). The van der Waals surface area contributed by atoms with Gasteiger partial charge >= 0.3 is 0 Å². The van der Waals surface area contributed by atoms with Crippen molar-refractivity contribution in [2.75, 3.05) is 20.1 Å². The summed E-state index contributed by atoms with van der Waals surface area (Å²) in [5.74, 6) is 0.0521. The van der Waals surface area contributed by atoms with Gasteiger partial charge in [-0.15, -0.1) is 0 Å². The number of carbonyl (C=O) groups is 1. The third-order valence-electron chi connectivity index (χ3n) is 2.69. The van der Waals surface area contributed by atoms with E-state index in [4.69, 9.17) is 0 Å². The fourth-order valence-corrected chi connectivity index (χ4v) is 1.82. The molecule has 1 fully saturated rings. The molecule has 0 aromatic heterocycles. The highest BCUT2D eigenvalue weighted by Gasteiger charge is 2.16. The van der Waals surface area contributed by atoms with E-state index in [0.717, 1.165) is 13.0 Å². The summed E-state index contributed by atoms with van der Waals surface area (Å²) in [6, 6.07) is 1.05. The summed E-state index contributed by atoms with van der Waals surface area (Å²) in [7, 11) is 1.66. The number of rotatable bonds is 5. The molecule has 1 rings (SSSR count). The molecule has 4 heteroatoms. The van der Waals surface area contributed by atoms with Gasteiger partial charge in [0, 0.05) is 19.1 Å². The van der Waals surface area contributed by atoms with Crippen LogP contribution in [0.5, 0.6) is 0 Å². The molecular formula is C10H21N3O. The Morgan fingerprint density at radius 2 is 2.43 bits per heavy atom. The van der Waals surface area contributed by atoms with Gasteiger partial charge in [-0.2, -0.15) is 0 Å². The van der Waals surface area contributed by atoms with Crippen LogP contribution in [-0.2, 0) is 4.79 Å². The van der Waals surface area contributed by atoms with Gasteiger partial charge in [0.2, 0.25) is 5.91 Å². The maximum Gasteiger partial charge on any atom is 0.233 e. The van der Waals surface area contributed by atoms with Gasteiger partial charge in [0.05, 0.1) is 6.54 Å². The number of carbonyl (C=O) groups excluding carboxylic acids is 1. The predicted octanol–water partition coefficient (Wildman–Crippen LogP) is -0.147. The van der Waals surface area contributed by atoms with Crippen molar-refractivity contribution in [1.29, 1.82) is 0 Å². The molecule has 82 valence electrons. The van der Waals surface area contributed by atoms with Crippen LogP contribution in [0.3, 0.4) is 0 Å². The third-order valence-corrected chi connectivity index (χ3v) is 2.69. The average molecular weight is 199 g/mol. The summed E-state index contributed by atoms with van der Waals surface area (Å²) < 4.78 is 0. The van der Waals surface area contributed by atoms with Crippen LogP contribution in [0.15, 0.2) is 0 Å². The second kappa shape index (κ2) is 5.98. The third kappa shape index (κ3) is 4.07. The van der Waals surface area contributed by atoms with Crippen LogP contribution >= 0.6 is 0 Å². The summed E-state index contributed by atoms with van der Waals surface area (Å²) in [4.78, 5) is 11.0. The molecule has 1 saturated heterocycles. The smallest absolute Gasteiger partial charge is 0.233 e. The van der Waals surface area contributed by atoms with Crippen LogP contribution in [0.2, 0.25) is 0 Å². The van der Waals surface area contributed by atoms with Gasteiger partial charge in [0.25, 0.3) is 0 Å². The minimum absolute atomic E-state index is 0.0521. The molecule has 2 unspecified atom stereocenters. The Morgan fingerprint density at radius 1 is 1.64 bits per heavy atom. The average Bonchev–Trinajstić information content (AvgIpc) is 2.66. The zero-order valence-electron chi connectivity index (χ0n) is 9.10. The highest BCUT2D eigenvalue weighted by atomic mass is 16.1. The number of likely N-dealkylation sites (N-methyl/N-ethyl adjacent to an activating group) is 1. The molecule has 0 bridgehead atoms. The van der Waals surface area contributed by atoms with Gasteiger partial charge in [0.15, 0.2) is 0 Å². The van der Waals surface area contributed by atoms with Gasteiger partial charge in [-0.3, -0.25) is 4.79 Å². The lowest BCUT2D eigenvalue weighted by atomic mass is 10.1. The highest BCUT2D eigenvalue weighted by molar-refractivity contribution is 5.77. The lowest BCUT2D eigenvalue weighted by Gasteiger charge is -2.17. The van der Waals surface area contributed by atoms with E-state index < -0.39 is 0 Å². The van der Waals surface area contributed by atoms with Crippen molar-refractivity contribution in [2.24, 2.45) is 0 Å². The Balaban J connectivity index is 2.08. The van der Waals surface area contributed by atoms with E-state index in [1.165, 1.54) is 12.8 Å². The minimum atomic E-state index is 0.0521. The monoisotopic (exact) mass is 199 g/mol. The first-order valence-electron chi connectivity index (χ1n) is 5.39. The zero-order chi connectivity index (χ0) is 10.4. The summed E-state index contributed by atoms with van der Waals surface area (Å²) in [5.41, 5.74) is 0. The van der Waals surface area contributed by atoms with Crippen molar-refractivity contribution < 1.29 is 4.79 Å². The fraction of sp³-hybridized carbons (Fsp3) is 0.900. The van der Waals surface area contributed by atoms with E-state index in [1.807, 2.05) is 0 Å². The first-order valence-corrected chi connectivity index (χ1v) is 5.39. The van der Waals surface area contributed by atoms with Crippen LogP contribution in [0.4, 0.5) is 0 Å². The number of hydrogen-bond donors (Lipinski definition) is 3. The van der Waals surface area contributed by atoms with Crippen LogP contribution in [0.1, 0.15) is 26.2 Å². The molecule has 1 aliphatic rings. The van der Waals surface area contributed by atoms with Crippen molar-refractivity contribution in [3.8, 4) is 0 Å². The Kier molecular flexibility index (Phi) is 4.90. The second-order valence-corrected chi connectivity index (χ2v) is 3.98. The predicted molar refractivity (Wildman–Crippen MR) is 57.2 cm³/mol. The second-order valence-electron chi connectivity index (χ2n) is 3.98. The molecule has 1 aliphatic heterocycles. The summed E-state index contributed by atoms with van der Waals surface area (Å²) in [5, 5.41) is 9.25. The van der Waals surface area contributed by atoms with Gasteiger partial charge < -0.3 is 16.0 Å². The van der Waals surface area contributed by atoms with Gasteiger partial charge in [-0.25, -0.2) is 0 Å². The maximum absolute atomic E-state index is 11.0. The van der Waals surface area contributed by atoms with E-state index in [1.54, 1.807) is 7.05 Å². The summed E-state index contributed by atoms with van der Waals surface area (Å²) >= 11 is 0. The number of amides is 1. The fourth-order valence-electron chi connectivity index (χ4n) is 1.82. The van der Waals surface area contributed by atoms with E-state index >= 15 is 0 Å². The zero-order valence-corrected chi connectivity index (χ0v) is 9.10. The Labute approximate surface area is 85.8 Å². The molecule has 3 N–H and O–H groups in total. The largest absolute Gasteiger partial charge is 0.358 e. The lowest BCUT2D eigenvalue weighted by Crippen LogP contribution is -2.39. The normalized spacial score (nSPS) is 23.4. The topological polar surface area (TPSA) is 53.2 Å². The van der Waals surface area contributed by atoms with Gasteiger partial charge in [-0.1, -0.05) is 0 Å². The lowest BCUT2D eigenvalue weighted by molar-refractivity contribution is -0.119. The molecule has 2 atom stereocenters. The molecule has 0 aromatic rings. The van der Waals surface area contributed by atoms with E-state index in [2.05, 4.69) is 22.9 Å². The van der Waals surface area contributed by atoms with E-state index in [9.17, 15) is 4.79 Å². The Bertz CT molecular complexity index is 178. The quantitative estimate of drug-likeness (QED) is 0.577. The van der Waals surface area contributed by atoms with E-state index in [-0.39, 0.29) is 5.91 Å². The minimum Gasteiger partial charge on any atom is -0.358 e. The molecule has 4 nitrogen and oxygen atoms in total. The number of hydrogen-bond acceptors (Lipinski definition) is 3. The first kappa shape index (κ1) is 11.5. The maximum atomic E-state index is 11.0. The van der Waals surface area contributed by atoms with Crippen LogP contribution in [0, 0.1) is 0 Å². The summed E-state index contributed by atoms with van der Waals surface area (Å²) in [6.07, 6.45) is 3.66. The van der Waals surface area contributed by atoms with Crippen molar-refractivity contribution >= 4 is 5.91 Å². The SMILES string of the molecule is CNC(=O)CNC(C)CC1CCCN1. The first-order chi connectivity index (χ1) is 6.72. The Morgan fingerprint density at radius 3 is 3.00 bits per heavy atom. The van der Waals surface area contributed by atoms with Crippen LogP contribution < -0.4 is 16.0 Å². The molecule has 0 radical (unpaired) electrons. The van der Waals surface area contributed by atoms with Crippen LogP contribution in [-0.4, -0.2) is 38.1 Å². The molecular weight excluding hydrogens is 178 g/mol. The van der Waals surface area contributed by atoms with Crippen molar-refractivity contribution in [3.05, 3.63) is 0 Å².